The highest BCUT2D eigenvalue weighted by Gasteiger charge is 2.46. The fourth-order valence-electron chi connectivity index (χ4n) is 6.38. The molecule has 0 fully saturated rings. The van der Waals surface area contributed by atoms with Crippen molar-refractivity contribution in [3.63, 3.8) is 0 Å². The highest BCUT2D eigenvalue weighted by Crippen LogP contribution is 2.57. The van der Waals surface area contributed by atoms with Gasteiger partial charge >= 0.3 is 0 Å². The second-order valence-corrected chi connectivity index (χ2v) is 10.4. The monoisotopic (exact) mass is 514 g/mol. The smallest absolute Gasteiger partial charge is 0.0714 e. The number of nitrogens with two attached hydrogens (primary N) is 1. The normalized spacial score (nSPS) is 12.9. The molecule has 0 heterocycles. The first-order chi connectivity index (χ1) is 19.8. The SMILES string of the molecule is NCc1cccc(Nc2cc3c(cc2-c2ccccc2)-c2ccccc2C3(c2ccccc2)c2ccccc2)c1. The number of hydrogen-bond acceptors (Lipinski definition) is 2. The standard InChI is InChI=1S/C38H30N2/c39-26-27-13-12-20-31(23-27)40-37-25-36-34(24-33(37)28-14-4-1-5-15-28)32-21-10-11-22-35(32)38(36,29-16-6-2-7-17-29)30-18-8-3-9-19-30/h1-25,40H,26,39H2. The molecule has 0 aliphatic heterocycles. The summed E-state index contributed by atoms with van der Waals surface area (Å²) in [5.74, 6) is 0. The maximum atomic E-state index is 5.99. The summed E-state index contributed by atoms with van der Waals surface area (Å²) in [6.45, 7) is 0.506. The number of fused-ring (bicyclic) bond motifs is 3. The van der Waals surface area contributed by atoms with Crippen molar-refractivity contribution < 1.29 is 0 Å². The van der Waals surface area contributed by atoms with Crippen molar-refractivity contribution >= 4 is 11.4 Å². The van der Waals surface area contributed by atoms with Gasteiger partial charge < -0.3 is 11.1 Å². The number of anilines is 2. The Hall–Kier alpha value is -4.92. The molecule has 3 N–H and O–H groups in total. The highest BCUT2D eigenvalue weighted by atomic mass is 14.9. The third-order valence-corrected chi connectivity index (χ3v) is 8.12. The molecule has 6 aromatic rings. The molecule has 0 radical (unpaired) electrons. The molecule has 7 rings (SSSR count). The van der Waals surface area contributed by atoms with E-state index in [-0.39, 0.29) is 0 Å². The van der Waals surface area contributed by atoms with E-state index in [0.29, 0.717) is 6.54 Å². The van der Waals surface area contributed by atoms with E-state index in [1.54, 1.807) is 0 Å². The van der Waals surface area contributed by atoms with E-state index in [1.807, 2.05) is 0 Å². The molecule has 192 valence electrons. The summed E-state index contributed by atoms with van der Waals surface area (Å²) in [4.78, 5) is 0. The van der Waals surface area contributed by atoms with Crippen LogP contribution in [0.15, 0.2) is 152 Å². The maximum Gasteiger partial charge on any atom is 0.0714 e. The van der Waals surface area contributed by atoms with E-state index in [0.717, 1.165) is 16.9 Å². The number of benzene rings is 6. The molecular formula is C38H30N2. The minimum absolute atomic E-state index is 0.445. The summed E-state index contributed by atoms with van der Waals surface area (Å²) in [6.07, 6.45) is 0. The molecule has 0 saturated heterocycles. The molecule has 2 heteroatoms. The molecule has 1 aliphatic carbocycles. The van der Waals surface area contributed by atoms with Crippen LogP contribution in [0.4, 0.5) is 11.4 Å². The van der Waals surface area contributed by atoms with Crippen molar-refractivity contribution in [1.82, 2.24) is 0 Å². The topological polar surface area (TPSA) is 38.0 Å². The molecule has 0 aromatic heterocycles. The maximum absolute atomic E-state index is 5.99. The first-order valence-electron chi connectivity index (χ1n) is 13.8. The van der Waals surface area contributed by atoms with Gasteiger partial charge in [0.05, 0.1) is 5.41 Å². The Morgan fingerprint density at radius 3 is 1.80 bits per heavy atom. The highest BCUT2D eigenvalue weighted by molar-refractivity contribution is 5.94. The zero-order valence-corrected chi connectivity index (χ0v) is 22.2. The summed E-state index contributed by atoms with van der Waals surface area (Å²) in [5.41, 5.74) is 18.7. The van der Waals surface area contributed by atoms with Gasteiger partial charge in [0.1, 0.15) is 0 Å². The fraction of sp³-hybridized carbons (Fsp3) is 0.0526. The minimum Gasteiger partial charge on any atom is -0.355 e. The van der Waals surface area contributed by atoms with Crippen LogP contribution in [0.25, 0.3) is 22.3 Å². The molecule has 0 saturated carbocycles. The molecule has 2 nitrogen and oxygen atoms in total. The Balaban J connectivity index is 1.56. The predicted octanol–water partition coefficient (Wildman–Crippen LogP) is 8.92. The number of nitrogens with one attached hydrogen (secondary N) is 1. The van der Waals surface area contributed by atoms with Gasteiger partial charge in [-0.2, -0.15) is 0 Å². The van der Waals surface area contributed by atoms with Gasteiger partial charge in [-0.25, -0.2) is 0 Å². The minimum atomic E-state index is -0.445. The van der Waals surface area contributed by atoms with Crippen LogP contribution in [0.3, 0.4) is 0 Å². The average Bonchev–Trinajstić information content (AvgIpc) is 3.32. The zero-order valence-electron chi connectivity index (χ0n) is 22.2. The molecule has 1 aliphatic rings. The van der Waals surface area contributed by atoms with E-state index >= 15 is 0 Å². The molecule has 0 unspecified atom stereocenters. The third-order valence-electron chi connectivity index (χ3n) is 8.12. The van der Waals surface area contributed by atoms with Crippen molar-refractivity contribution in [2.75, 3.05) is 5.32 Å². The third kappa shape index (κ3) is 3.85. The summed E-state index contributed by atoms with van der Waals surface area (Å²) in [5, 5.41) is 3.79. The van der Waals surface area contributed by atoms with Gasteiger partial charge in [-0.3, -0.25) is 0 Å². The fourth-order valence-corrected chi connectivity index (χ4v) is 6.38. The summed E-state index contributed by atoms with van der Waals surface area (Å²) < 4.78 is 0. The quantitative estimate of drug-likeness (QED) is 0.232. The lowest BCUT2D eigenvalue weighted by molar-refractivity contribution is 0.769. The second kappa shape index (κ2) is 10.00. The van der Waals surface area contributed by atoms with Crippen molar-refractivity contribution in [3.05, 3.63) is 179 Å². The van der Waals surface area contributed by atoms with Crippen LogP contribution in [-0.4, -0.2) is 0 Å². The van der Waals surface area contributed by atoms with Crippen molar-refractivity contribution in [1.29, 1.82) is 0 Å². The first kappa shape index (κ1) is 24.1. The Bertz CT molecular complexity index is 1750. The van der Waals surface area contributed by atoms with Crippen LogP contribution in [0.2, 0.25) is 0 Å². The Morgan fingerprint density at radius 2 is 1.12 bits per heavy atom. The van der Waals surface area contributed by atoms with Crippen LogP contribution in [-0.2, 0) is 12.0 Å². The van der Waals surface area contributed by atoms with Crippen LogP contribution in [0, 0.1) is 0 Å². The summed E-state index contributed by atoms with van der Waals surface area (Å²) >= 11 is 0. The van der Waals surface area contributed by atoms with E-state index in [2.05, 4.69) is 157 Å². The lowest BCUT2D eigenvalue weighted by atomic mass is 9.67. The first-order valence-corrected chi connectivity index (χ1v) is 13.8. The largest absolute Gasteiger partial charge is 0.355 e. The van der Waals surface area contributed by atoms with E-state index in [9.17, 15) is 0 Å². The Morgan fingerprint density at radius 1 is 0.500 bits per heavy atom. The van der Waals surface area contributed by atoms with Gasteiger partial charge in [0.15, 0.2) is 0 Å². The van der Waals surface area contributed by atoms with Gasteiger partial charge in [0, 0.05) is 23.5 Å². The Kier molecular flexibility index (Phi) is 6.03. The average molecular weight is 515 g/mol. The summed E-state index contributed by atoms with van der Waals surface area (Å²) in [6, 6.07) is 54.5. The molecular weight excluding hydrogens is 484 g/mol. The van der Waals surface area contributed by atoms with Crippen LogP contribution in [0.1, 0.15) is 27.8 Å². The van der Waals surface area contributed by atoms with Gasteiger partial charge in [0.25, 0.3) is 0 Å². The number of rotatable bonds is 6. The van der Waals surface area contributed by atoms with Crippen molar-refractivity contribution in [2.24, 2.45) is 5.73 Å². The van der Waals surface area contributed by atoms with Crippen molar-refractivity contribution in [2.45, 2.75) is 12.0 Å². The zero-order chi connectivity index (χ0) is 26.9. The van der Waals surface area contributed by atoms with E-state index in [4.69, 9.17) is 5.73 Å². The molecule has 0 spiro atoms. The van der Waals surface area contributed by atoms with E-state index < -0.39 is 5.41 Å². The van der Waals surface area contributed by atoms with Gasteiger partial charge in [-0.05, 0) is 68.8 Å². The predicted molar refractivity (Wildman–Crippen MR) is 167 cm³/mol. The van der Waals surface area contributed by atoms with Gasteiger partial charge in [-0.15, -0.1) is 0 Å². The lowest BCUT2D eigenvalue weighted by Crippen LogP contribution is -2.28. The van der Waals surface area contributed by atoms with Gasteiger partial charge in [-0.1, -0.05) is 127 Å². The molecule has 0 bridgehead atoms. The van der Waals surface area contributed by atoms with Crippen LogP contribution < -0.4 is 11.1 Å². The van der Waals surface area contributed by atoms with Crippen LogP contribution >= 0.6 is 0 Å². The number of hydrogen-bond donors (Lipinski definition) is 2. The van der Waals surface area contributed by atoms with Crippen molar-refractivity contribution in [3.8, 4) is 22.3 Å². The Labute approximate surface area is 235 Å². The molecule has 0 amide bonds. The van der Waals surface area contributed by atoms with E-state index in [1.165, 1.54) is 44.5 Å². The molecule has 0 atom stereocenters. The molecule has 40 heavy (non-hydrogen) atoms. The second-order valence-electron chi connectivity index (χ2n) is 10.4. The lowest BCUT2D eigenvalue weighted by Gasteiger charge is -2.34. The summed E-state index contributed by atoms with van der Waals surface area (Å²) in [7, 11) is 0. The molecule has 6 aromatic carbocycles. The van der Waals surface area contributed by atoms with Gasteiger partial charge in [0.2, 0.25) is 0 Å². The van der Waals surface area contributed by atoms with Crippen LogP contribution in [0.5, 0.6) is 0 Å².